The predicted octanol–water partition coefficient (Wildman–Crippen LogP) is 2.26. The summed E-state index contributed by atoms with van der Waals surface area (Å²) in [6.07, 6.45) is 1.76. The molecule has 0 unspecified atom stereocenters. The van der Waals surface area contributed by atoms with Crippen molar-refractivity contribution >= 4 is 16.8 Å². The van der Waals surface area contributed by atoms with Gasteiger partial charge in [0.2, 0.25) is 5.78 Å². The van der Waals surface area contributed by atoms with E-state index in [4.69, 9.17) is 0 Å². The van der Waals surface area contributed by atoms with Gasteiger partial charge in [0.1, 0.15) is 6.33 Å². The zero-order valence-electron chi connectivity index (χ0n) is 8.75. The quantitative estimate of drug-likeness (QED) is 0.604. The molecule has 4 nitrogen and oxygen atoms in total. The molecule has 0 N–H and O–H groups in total. The molecule has 0 aliphatic carbocycles. The molecule has 1 aromatic carbocycles. The van der Waals surface area contributed by atoms with E-state index in [2.05, 4.69) is 40.7 Å². The smallest absolute Gasteiger partial charge is 0.236 e. The Balaban J connectivity index is 2.58. The molecular weight excluding hydrogens is 188 g/mol. The van der Waals surface area contributed by atoms with Crippen molar-refractivity contribution in [1.82, 2.24) is 19.2 Å². The summed E-state index contributed by atoms with van der Waals surface area (Å²) < 4.78 is 4.22. The molecule has 0 spiro atoms. The Morgan fingerprint density at radius 2 is 1.87 bits per heavy atom. The van der Waals surface area contributed by atoms with E-state index >= 15 is 0 Å². The van der Waals surface area contributed by atoms with Gasteiger partial charge >= 0.3 is 0 Å². The van der Waals surface area contributed by atoms with E-state index in [1.54, 1.807) is 6.33 Å². The van der Waals surface area contributed by atoms with Crippen molar-refractivity contribution in [2.24, 2.45) is 0 Å². The van der Waals surface area contributed by atoms with E-state index in [1.807, 2.05) is 16.5 Å². The summed E-state index contributed by atoms with van der Waals surface area (Å²) >= 11 is 0. The number of hydrogen-bond donors (Lipinski definition) is 0. The standard InChI is InChI=1S/C11H12N4/c1-8(2)15-10-6-4-3-5-9(10)14-7-12-13-11(14)15/h3-8H,1-2H3. The first-order valence-corrected chi connectivity index (χ1v) is 5.07. The molecule has 0 saturated carbocycles. The molecule has 15 heavy (non-hydrogen) atoms. The lowest BCUT2D eigenvalue weighted by Crippen LogP contribution is -2.00. The van der Waals surface area contributed by atoms with Gasteiger partial charge < -0.3 is 4.57 Å². The minimum Gasteiger partial charge on any atom is -0.306 e. The lowest BCUT2D eigenvalue weighted by atomic mass is 10.3. The average molecular weight is 200 g/mol. The normalized spacial score (nSPS) is 11.9. The maximum absolute atomic E-state index is 4.15. The van der Waals surface area contributed by atoms with Gasteiger partial charge in [0.05, 0.1) is 11.0 Å². The second kappa shape index (κ2) is 2.82. The zero-order chi connectivity index (χ0) is 10.4. The number of aromatic nitrogens is 4. The largest absolute Gasteiger partial charge is 0.306 e. The number of nitrogens with zero attached hydrogens (tertiary/aromatic N) is 4. The van der Waals surface area contributed by atoms with Gasteiger partial charge in [-0.05, 0) is 26.0 Å². The van der Waals surface area contributed by atoms with Crippen molar-refractivity contribution in [3.05, 3.63) is 30.6 Å². The van der Waals surface area contributed by atoms with Crippen LogP contribution >= 0.6 is 0 Å². The van der Waals surface area contributed by atoms with Gasteiger partial charge in [0.15, 0.2) is 0 Å². The topological polar surface area (TPSA) is 35.1 Å². The lowest BCUT2D eigenvalue weighted by molar-refractivity contribution is 0.631. The summed E-state index contributed by atoms with van der Waals surface area (Å²) in [6.45, 7) is 4.31. The first-order valence-electron chi connectivity index (χ1n) is 5.07. The number of fused-ring (bicyclic) bond motifs is 3. The van der Waals surface area contributed by atoms with Gasteiger partial charge in [-0.1, -0.05) is 12.1 Å². The highest BCUT2D eigenvalue weighted by atomic mass is 15.3. The number of rotatable bonds is 1. The van der Waals surface area contributed by atoms with Crippen molar-refractivity contribution in [1.29, 1.82) is 0 Å². The minimum absolute atomic E-state index is 0.386. The van der Waals surface area contributed by atoms with E-state index in [0.717, 1.165) is 11.3 Å². The van der Waals surface area contributed by atoms with Crippen LogP contribution in [0.2, 0.25) is 0 Å². The third kappa shape index (κ3) is 1.02. The summed E-state index contributed by atoms with van der Waals surface area (Å²) in [5.74, 6) is 0.909. The van der Waals surface area contributed by atoms with Crippen LogP contribution in [0.5, 0.6) is 0 Å². The highest BCUT2D eigenvalue weighted by Crippen LogP contribution is 2.22. The molecule has 0 amide bonds. The molecule has 0 aliphatic rings. The molecule has 4 heteroatoms. The van der Waals surface area contributed by atoms with Gasteiger partial charge in [0, 0.05) is 6.04 Å². The van der Waals surface area contributed by atoms with E-state index in [-0.39, 0.29) is 0 Å². The molecule has 3 aromatic rings. The summed E-state index contributed by atoms with van der Waals surface area (Å²) in [7, 11) is 0. The summed E-state index contributed by atoms with van der Waals surface area (Å²) in [5.41, 5.74) is 2.36. The van der Waals surface area contributed by atoms with Crippen LogP contribution in [0.25, 0.3) is 16.8 Å². The number of imidazole rings is 1. The Morgan fingerprint density at radius 1 is 1.13 bits per heavy atom. The number of hydrogen-bond acceptors (Lipinski definition) is 2. The summed E-state index contributed by atoms with van der Waals surface area (Å²) in [6, 6.07) is 8.67. The van der Waals surface area contributed by atoms with Gasteiger partial charge in [-0.25, -0.2) is 0 Å². The van der Waals surface area contributed by atoms with Crippen molar-refractivity contribution < 1.29 is 0 Å². The van der Waals surface area contributed by atoms with Crippen molar-refractivity contribution in [2.45, 2.75) is 19.9 Å². The maximum Gasteiger partial charge on any atom is 0.236 e. The van der Waals surface area contributed by atoms with E-state index in [0.29, 0.717) is 6.04 Å². The SMILES string of the molecule is CC(C)n1c2ccccc2n2cnnc12. The fraction of sp³-hybridized carbons (Fsp3) is 0.273. The molecule has 0 radical (unpaired) electrons. The molecule has 2 heterocycles. The van der Waals surface area contributed by atoms with Crippen LogP contribution in [-0.2, 0) is 0 Å². The van der Waals surface area contributed by atoms with Crippen LogP contribution in [0.4, 0.5) is 0 Å². The minimum atomic E-state index is 0.386. The van der Waals surface area contributed by atoms with Crippen LogP contribution in [0.3, 0.4) is 0 Å². The van der Waals surface area contributed by atoms with Gasteiger partial charge in [-0.15, -0.1) is 10.2 Å². The first kappa shape index (κ1) is 8.47. The van der Waals surface area contributed by atoms with Gasteiger partial charge in [0.25, 0.3) is 0 Å². The Labute approximate surface area is 87.2 Å². The Kier molecular flexibility index (Phi) is 1.59. The monoisotopic (exact) mass is 200 g/mol. The maximum atomic E-state index is 4.15. The zero-order valence-corrected chi connectivity index (χ0v) is 8.75. The number of para-hydroxylation sites is 2. The van der Waals surface area contributed by atoms with E-state index in [1.165, 1.54) is 5.52 Å². The lowest BCUT2D eigenvalue weighted by Gasteiger charge is -2.07. The third-order valence-electron chi connectivity index (χ3n) is 2.66. The predicted molar refractivity (Wildman–Crippen MR) is 58.9 cm³/mol. The van der Waals surface area contributed by atoms with Gasteiger partial charge in [-0.2, -0.15) is 0 Å². The molecule has 0 fully saturated rings. The molecule has 0 saturated heterocycles. The van der Waals surface area contributed by atoms with Gasteiger partial charge in [-0.3, -0.25) is 4.40 Å². The Morgan fingerprint density at radius 3 is 2.60 bits per heavy atom. The average Bonchev–Trinajstić information content (AvgIpc) is 2.75. The molecule has 0 bridgehead atoms. The second-order valence-corrected chi connectivity index (χ2v) is 3.95. The van der Waals surface area contributed by atoms with Crippen molar-refractivity contribution in [3.8, 4) is 0 Å². The van der Waals surface area contributed by atoms with Crippen LogP contribution in [-0.4, -0.2) is 19.2 Å². The van der Waals surface area contributed by atoms with Crippen LogP contribution in [0.15, 0.2) is 30.6 Å². The Hall–Kier alpha value is -1.84. The molecule has 0 aliphatic heterocycles. The molecule has 0 atom stereocenters. The molecular formula is C11H12N4. The summed E-state index contributed by atoms with van der Waals surface area (Å²) in [4.78, 5) is 0. The highest BCUT2D eigenvalue weighted by molar-refractivity contribution is 5.80. The fourth-order valence-electron chi connectivity index (χ4n) is 2.05. The van der Waals surface area contributed by atoms with Crippen LogP contribution < -0.4 is 0 Å². The highest BCUT2D eigenvalue weighted by Gasteiger charge is 2.13. The molecule has 76 valence electrons. The molecule has 3 rings (SSSR count). The van der Waals surface area contributed by atoms with E-state index < -0.39 is 0 Å². The number of benzene rings is 1. The third-order valence-corrected chi connectivity index (χ3v) is 2.66. The van der Waals surface area contributed by atoms with Crippen molar-refractivity contribution in [3.63, 3.8) is 0 Å². The van der Waals surface area contributed by atoms with Crippen LogP contribution in [0, 0.1) is 0 Å². The Bertz CT molecular complexity index is 618. The van der Waals surface area contributed by atoms with Crippen molar-refractivity contribution in [2.75, 3.05) is 0 Å². The van der Waals surface area contributed by atoms with Crippen LogP contribution in [0.1, 0.15) is 19.9 Å². The summed E-state index contributed by atoms with van der Waals surface area (Å²) in [5, 5.41) is 8.10. The van der Waals surface area contributed by atoms with E-state index in [9.17, 15) is 0 Å². The first-order chi connectivity index (χ1) is 7.29. The second-order valence-electron chi connectivity index (χ2n) is 3.95. The fourth-order valence-corrected chi connectivity index (χ4v) is 2.05. The molecule has 2 aromatic heterocycles.